The number of rotatable bonds is 6. The maximum atomic E-state index is 4.93. The van der Waals surface area contributed by atoms with Gasteiger partial charge in [0.15, 0.2) is 0 Å². The maximum absolute atomic E-state index is 4.93. The van der Waals surface area contributed by atoms with Crippen molar-refractivity contribution in [1.82, 2.24) is 0 Å². The van der Waals surface area contributed by atoms with Crippen LogP contribution in [-0.4, -0.2) is 9.52 Å². The minimum absolute atomic E-state index is 0.632. The summed E-state index contributed by atoms with van der Waals surface area (Å²) in [6.07, 6.45) is 3.85. The first kappa shape index (κ1) is 39.9. The Kier molecular flexibility index (Phi) is 15.1. The van der Waals surface area contributed by atoms with Crippen molar-refractivity contribution < 1.29 is 20.8 Å². The second-order valence-corrected chi connectivity index (χ2v) is 18.3. The van der Waals surface area contributed by atoms with Crippen molar-refractivity contribution in [2.24, 2.45) is 0 Å². The number of hydrogen-bond donors (Lipinski definition) is 0. The second kappa shape index (κ2) is 19.7. The Balaban J connectivity index is 0.000000177. The molecule has 0 N–H and O–H groups in total. The zero-order chi connectivity index (χ0) is 37.0. The Morgan fingerprint density at radius 2 is 1.12 bits per heavy atom. The quantitative estimate of drug-likeness (QED) is 0.116. The molecule has 1 unspecified atom stereocenters. The molecule has 0 aromatic heterocycles. The summed E-state index contributed by atoms with van der Waals surface area (Å²) in [6, 6.07) is 51.1. The standard InChI is InChI=1S/C25H25.C21H17.C2H6Si.2ClH.Zr/c1-3-4-9-18(2)21-16-20-12-8-15-24(25(20)17-21)23-14-7-11-19-10-5-6-13-22(19)23;1-14-12-20-15(2)10-11-19(21(20)13-14)18-9-5-7-16-6-3-4-8-17(16)18;1-3-2;;;/h5-8,10-18H,3-4,9H2,1-2H3;3-13H,1-2H3;1-2H3;2*1H;/q2*-1;;;;+4/p-2. The van der Waals surface area contributed by atoms with E-state index < -0.39 is 20.8 Å². The molecule has 0 saturated heterocycles. The van der Waals surface area contributed by atoms with Gasteiger partial charge in [-0.2, -0.15) is 12.1 Å². The molecule has 8 aromatic rings. The van der Waals surface area contributed by atoms with Gasteiger partial charge in [-0.15, -0.1) is 68.6 Å². The van der Waals surface area contributed by atoms with Crippen molar-refractivity contribution in [3.63, 3.8) is 0 Å². The van der Waals surface area contributed by atoms with Gasteiger partial charge in [-0.1, -0.05) is 162 Å². The molecular formula is C48H48Cl2SiZr. The summed E-state index contributed by atoms with van der Waals surface area (Å²) in [4.78, 5) is 0. The van der Waals surface area contributed by atoms with Crippen LogP contribution in [0.4, 0.5) is 0 Å². The van der Waals surface area contributed by atoms with Gasteiger partial charge in [0.05, 0.1) is 0 Å². The fraction of sp³-hybridized carbons (Fsp3) is 0.208. The van der Waals surface area contributed by atoms with Crippen LogP contribution >= 0.6 is 17.0 Å². The third-order valence-electron chi connectivity index (χ3n) is 9.74. The minimum atomic E-state index is -0.826. The van der Waals surface area contributed by atoms with Crippen molar-refractivity contribution >= 4 is 69.6 Å². The van der Waals surface area contributed by atoms with Crippen LogP contribution in [0.25, 0.3) is 65.3 Å². The van der Waals surface area contributed by atoms with E-state index in [0.717, 1.165) is 9.52 Å². The van der Waals surface area contributed by atoms with Gasteiger partial charge < -0.3 is 0 Å². The Hall–Kier alpha value is -3.26. The first-order chi connectivity index (χ1) is 25.3. The summed E-state index contributed by atoms with van der Waals surface area (Å²) >= 11 is -0.826. The fourth-order valence-corrected chi connectivity index (χ4v) is 7.20. The molecule has 0 saturated carbocycles. The normalized spacial score (nSPS) is 11.2. The number of halogens is 2. The van der Waals surface area contributed by atoms with E-state index in [4.69, 9.17) is 17.0 Å². The molecule has 2 radical (unpaired) electrons. The van der Waals surface area contributed by atoms with Gasteiger partial charge in [-0.25, -0.2) is 0 Å². The first-order valence-corrected chi connectivity index (χ1v) is 26.5. The van der Waals surface area contributed by atoms with Crippen molar-refractivity contribution in [2.45, 2.75) is 66.0 Å². The van der Waals surface area contributed by atoms with Crippen molar-refractivity contribution in [3.05, 3.63) is 156 Å². The Bertz CT molecular complexity index is 2330. The molecule has 1 atom stereocenters. The van der Waals surface area contributed by atoms with Gasteiger partial charge in [0.25, 0.3) is 0 Å². The molecule has 8 rings (SSSR count). The molecule has 0 aliphatic rings. The molecule has 0 aliphatic carbocycles. The molecular weight excluding hydrogens is 767 g/mol. The molecule has 0 amide bonds. The van der Waals surface area contributed by atoms with Crippen LogP contribution in [0.2, 0.25) is 13.1 Å². The van der Waals surface area contributed by atoms with Crippen LogP contribution < -0.4 is 0 Å². The van der Waals surface area contributed by atoms with E-state index >= 15 is 0 Å². The molecule has 0 spiro atoms. The van der Waals surface area contributed by atoms with Crippen molar-refractivity contribution in [2.75, 3.05) is 0 Å². The monoisotopic (exact) mass is 812 g/mol. The fourth-order valence-electron chi connectivity index (χ4n) is 7.20. The number of fused-ring (bicyclic) bond motifs is 4. The average molecular weight is 815 g/mol. The van der Waals surface area contributed by atoms with E-state index in [1.54, 1.807) is 0 Å². The van der Waals surface area contributed by atoms with Gasteiger partial charge in [0.2, 0.25) is 0 Å². The Labute approximate surface area is 332 Å². The van der Waals surface area contributed by atoms with E-state index in [1.165, 1.54) is 101 Å². The third kappa shape index (κ3) is 9.45. The summed E-state index contributed by atoms with van der Waals surface area (Å²) < 4.78 is 0. The zero-order valence-corrected chi connectivity index (χ0v) is 36.2. The second-order valence-electron chi connectivity index (χ2n) is 13.6. The molecule has 52 heavy (non-hydrogen) atoms. The summed E-state index contributed by atoms with van der Waals surface area (Å²) in [5, 5.41) is 10.7. The van der Waals surface area contributed by atoms with Crippen LogP contribution in [0.1, 0.15) is 55.7 Å². The molecule has 0 nitrogen and oxygen atoms in total. The topological polar surface area (TPSA) is 0 Å². The van der Waals surface area contributed by atoms with E-state index in [-0.39, 0.29) is 0 Å². The summed E-state index contributed by atoms with van der Waals surface area (Å²) in [5.41, 5.74) is 9.51. The zero-order valence-electron chi connectivity index (χ0n) is 31.2. The van der Waals surface area contributed by atoms with E-state index in [1.807, 2.05) is 0 Å². The van der Waals surface area contributed by atoms with Crippen LogP contribution in [0.15, 0.2) is 140 Å². The molecule has 8 aromatic carbocycles. The van der Waals surface area contributed by atoms with E-state index in [2.05, 4.69) is 180 Å². The Morgan fingerprint density at radius 3 is 1.69 bits per heavy atom. The van der Waals surface area contributed by atoms with Crippen molar-refractivity contribution in [1.29, 1.82) is 0 Å². The number of unbranched alkanes of at least 4 members (excludes halogenated alkanes) is 1. The molecule has 0 bridgehead atoms. The first-order valence-electron chi connectivity index (χ1n) is 18.2. The van der Waals surface area contributed by atoms with Gasteiger partial charge >= 0.3 is 37.9 Å². The Morgan fingerprint density at radius 1 is 0.615 bits per heavy atom. The molecule has 0 fully saturated rings. The summed E-state index contributed by atoms with van der Waals surface area (Å²) in [6.45, 7) is 13.3. The third-order valence-corrected chi connectivity index (χ3v) is 9.74. The van der Waals surface area contributed by atoms with Crippen LogP contribution in [0.5, 0.6) is 0 Å². The molecule has 0 heterocycles. The molecule has 262 valence electrons. The summed E-state index contributed by atoms with van der Waals surface area (Å²) in [7, 11) is 11.0. The predicted octanol–water partition coefficient (Wildman–Crippen LogP) is 15.8. The molecule has 0 aliphatic heterocycles. The van der Waals surface area contributed by atoms with Gasteiger partial charge in [0.1, 0.15) is 0 Å². The van der Waals surface area contributed by atoms with Crippen LogP contribution in [0.3, 0.4) is 0 Å². The van der Waals surface area contributed by atoms with Crippen LogP contribution in [0, 0.1) is 13.8 Å². The van der Waals surface area contributed by atoms with Gasteiger partial charge in [-0.3, -0.25) is 0 Å². The van der Waals surface area contributed by atoms with Crippen LogP contribution in [-0.2, 0) is 20.8 Å². The SMILES string of the molecule is CCCCC(C)c1cc2c(-c3cccc4ccccc34)cccc2[cH-]1.C[Si]C.Cc1cc2c(-c3cccc4ccccc34)ccc(C)c2[cH-]1.[Cl][Zr+2][Cl]. The van der Waals surface area contributed by atoms with Gasteiger partial charge in [-0.05, 0) is 45.0 Å². The van der Waals surface area contributed by atoms with E-state index in [0.29, 0.717) is 5.92 Å². The molecule has 4 heteroatoms. The number of aryl methyl sites for hydroxylation is 2. The average Bonchev–Trinajstić information content (AvgIpc) is 3.79. The van der Waals surface area contributed by atoms with Crippen molar-refractivity contribution in [3.8, 4) is 22.3 Å². The summed E-state index contributed by atoms with van der Waals surface area (Å²) in [5.74, 6) is 0.632. The van der Waals surface area contributed by atoms with Gasteiger partial charge in [0, 0.05) is 9.52 Å². The number of benzene rings is 6. The number of hydrogen-bond acceptors (Lipinski definition) is 0. The predicted molar refractivity (Wildman–Crippen MR) is 232 cm³/mol. The van der Waals surface area contributed by atoms with E-state index in [9.17, 15) is 0 Å².